The Morgan fingerprint density at radius 3 is 2.62 bits per heavy atom. The van der Waals surface area contributed by atoms with Crippen LogP contribution >= 0.6 is 15.9 Å². The van der Waals surface area contributed by atoms with E-state index in [0.717, 1.165) is 26.6 Å². The van der Waals surface area contributed by atoms with Crippen LogP contribution in [-0.4, -0.2) is 5.91 Å². The van der Waals surface area contributed by atoms with E-state index in [0.29, 0.717) is 12.3 Å². The number of aryl methyl sites for hydroxylation is 1. The molecule has 0 unspecified atom stereocenters. The molecule has 2 aromatic carbocycles. The zero-order chi connectivity index (χ0) is 14.8. The summed E-state index contributed by atoms with van der Waals surface area (Å²) in [6, 6.07) is 15.5. The van der Waals surface area contributed by atoms with Gasteiger partial charge in [-0.25, -0.2) is 0 Å². The van der Waals surface area contributed by atoms with Gasteiger partial charge < -0.3 is 9.73 Å². The Balaban J connectivity index is 1.81. The summed E-state index contributed by atoms with van der Waals surface area (Å²) in [5, 5.41) is 3.87. The Hall–Kier alpha value is -2.07. The first-order valence-corrected chi connectivity index (χ1v) is 7.46. The molecule has 3 rings (SSSR count). The topological polar surface area (TPSA) is 42.2 Å². The molecule has 21 heavy (non-hydrogen) atoms. The van der Waals surface area contributed by atoms with Gasteiger partial charge in [-0.05, 0) is 24.6 Å². The maximum absolute atomic E-state index is 12.3. The van der Waals surface area contributed by atoms with Crippen LogP contribution in [0.2, 0.25) is 0 Å². The lowest BCUT2D eigenvalue weighted by Crippen LogP contribution is -2.23. The fourth-order valence-electron chi connectivity index (χ4n) is 2.29. The minimum atomic E-state index is -0.195. The highest BCUT2D eigenvalue weighted by atomic mass is 79.9. The van der Waals surface area contributed by atoms with Crippen LogP contribution in [0.5, 0.6) is 0 Å². The minimum Gasteiger partial charge on any atom is -0.451 e. The maximum atomic E-state index is 12.3. The molecule has 3 aromatic rings. The summed E-state index contributed by atoms with van der Waals surface area (Å²) in [5.41, 5.74) is 2.64. The van der Waals surface area contributed by atoms with Crippen LogP contribution in [0.3, 0.4) is 0 Å². The predicted octanol–water partition coefficient (Wildman–Crippen LogP) is 4.43. The number of benzene rings is 2. The number of carbonyl (C=O) groups excluding carboxylic acids is 1. The van der Waals surface area contributed by atoms with Crippen molar-refractivity contribution in [1.82, 2.24) is 5.32 Å². The Bertz CT molecular complexity index is 807. The van der Waals surface area contributed by atoms with Gasteiger partial charge in [0.05, 0.1) is 0 Å². The number of carbonyl (C=O) groups is 1. The highest BCUT2D eigenvalue weighted by molar-refractivity contribution is 9.10. The van der Waals surface area contributed by atoms with Gasteiger partial charge in [0.25, 0.3) is 5.91 Å². The lowest BCUT2D eigenvalue weighted by Gasteiger charge is -2.06. The van der Waals surface area contributed by atoms with Crippen molar-refractivity contribution in [1.29, 1.82) is 0 Å². The number of nitrogens with one attached hydrogen (secondary N) is 1. The van der Waals surface area contributed by atoms with E-state index in [1.54, 1.807) is 0 Å². The van der Waals surface area contributed by atoms with Crippen LogP contribution in [-0.2, 0) is 6.54 Å². The standard InChI is InChI=1S/C17H14BrNO2/c1-11-13-7-3-5-9-15(13)21-16(11)17(20)19-10-12-6-2-4-8-14(12)18/h2-9H,10H2,1H3,(H,19,20). The molecule has 3 nitrogen and oxygen atoms in total. The van der Waals surface area contributed by atoms with Crippen molar-refractivity contribution in [3.05, 3.63) is 69.9 Å². The summed E-state index contributed by atoms with van der Waals surface area (Å²) < 4.78 is 6.63. The van der Waals surface area contributed by atoms with E-state index in [4.69, 9.17) is 4.42 Å². The van der Waals surface area contributed by atoms with Crippen molar-refractivity contribution >= 4 is 32.8 Å². The van der Waals surface area contributed by atoms with E-state index in [9.17, 15) is 4.79 Å². The first-order chi connectivity index (χ1) is 10.2. The number of para-hydroxylation sites is 1. The first kappa shape index (κ1) is 13.9. The summed E-state index contributed by atoms with van der Waals surface area (Å²) in [6.07, 6.45) is 0. The monoisotopic (exact) mass is 343 g/mol. The third kappa shape index (κ3) is 2.72. The molecule has 0 aliphatic rings. The number of hydrogen-bond acceptors (Lipinski definition) is 2. The van der Waals surface area contributed by atoms with Crippen molar-refractivity contribution in [2.45, 2.75) is 13.5 Å². The molecule has 0 aliphatic heterocycles. The summed E-state index contributed by atoms with van der Waals surface area (Å²) in [6.45, 7) is 2.36. The van der Waals surface area contributed by atoms with Gasteiger partial charge in [0.1, 0.15) is 5.58 Å². The molecule has 0 saturated heterocycles. The number of rotatable bonds is 3. The van der Waals surface area contributed by atoms with Gasteiger partial charge >= 0.3 is 0 Å². The van der Waals surface area contributed by atoms with Crippen LogP contribution in [0.1, 0.15) is 21.7 Å². The van der Waals surface area contributed by atoms with Crippen molar-refractivity contribution in [3.8, 4) is 0 Å². The summed E-state index contributed by atoms with van der Waals surface area (Å²) in [4.78, 5) is 12.3. The van der Waals surface area contributed by atoms with Gasteiger partial charge in [-0.2, -0.15) is 0 Å². The summed E-state index contributed by atoms with van der Waals surface area (Å²) in [5.74, 6) is 0.183. The second-order valence-electron chi connectivity index (χ2n) is 4.83. The van der Waals surface area contributed by atoms with Crippen LogP contribution < -0.4 is 5.32 Å². The molecule has 0 spiro atoms. The lowest BCUT2D eigenvalue weighted by atomic mass is 10.1. The third-order valence-corrected chi connectivity index (χ3v) is 4.22. The molecule has 0 radical (unpaired) electrons. The Kier molecular flexibility index (Phi) is 3.80. The molecule has 1 heterocycles. The number of amides is 1. The fraction of sp³-hybridized carbons (Fsp3) is 0.118. The molecular formula is C17H14BrNO2. The quantitative estimate of drug-likeness (QED) is 0.764. The molecule has 0 atom stereocenters. The van der Waals surface area contributed by atoms with Gasteiger partial charge in [-0.1, -0.05) is 52.3 Å². The normalized spacial score (nSPS) is 10.8. The van der Waals surface area contributed by atoms with E-state index in [-0.39, 0.29) is 5.91 Å². The van der Waals surface area contributed by atoms with Gasteiger partial charge in [-0.15, -0.1) is 0 Å². The second-order valence-corrected chi connectivity index (χ2v) is 5.68. The summed E-state index contributed by atoms with van der Waals surface area (Å²) >= 11 is 3.47. The van der Waals surface area contributed by atoms with Gasteiger partial charge in [0.2, 0.25) is 0 Å². The first-order valence-electron chi connectivity index (χ1n) is 6.66. The average Bonchev–Trinajstić information content (AvgIpc) is 2.84. The zero-order valence-corrected chi connectivity index (χ0v) is 13.1. The molecule has 4 heteroatoms. The number of hydrogen-bond donors (Lipinski definition) is 1. The van der Waals surface area contributed by atoms with E-state index in [2.05, 4.69) is 21.2 Å². The molecular weight excluding hydrogens is 330 g/mol. The Morgan fingerprint density at radius 2 is 1.86 bits per heavy atom. The minimum absolute atomic E-state index is 0.195. The van der Waals surface area contributed by atoms with E-state index < -0.39 is 0 Å². The molecule has 0 fully saturated rings. The smallest absolute Gasteiger partial charge is 0.287 e. The van der Waals surface area contributed by atoms with E-state index >= 15 is 0 Å². The van der Waals surface area contributed by atoms with Crippen LogP contribution in [0.25, 0.3) is 11.0 Å². The number of halogens is 1. The third-order valence-electron chi connectivity index (χ3n) is 3.45. The van der Waals surface area contributed by atoms with Crippen LogP contribution in [0.4, 0.5) is 0 Å². The van der Waals surface area contributed by atoms with Crippen LogP contribution in [0, 0.1) is 6.92 Å². The van der Waals surface area contributed by atoms with Gasteiger partial charge in [0, 0.05) is 22.0 Å². The highest BCUT2D eigenvalue weighted by Crippen LogP contribution is 2.25. The molecule has 1 amide bonds. The maximum Gasteiger partial charge on any atom is 0.287 e. The van der Waals surface area contributed by atoms with Crippen molar-refractivity contribution < 1.29 is 9.21 Å². The summed E-state index contributed by atoms with van der Waals surface area (Å²) in [7, 11) is 0. The second kappa shape index (κ2) is 5.74. The molecule has 0 saturated carbocycles. The van der Waals surface area contributed by atoms with Crippen LogP contribution in [0.15, 0.2) is 57.4 Å². The Labute approximate surface area is 131 Å². The molecule has 106 valence electrons. The van der Waals surface area contributed by atoms with E-state index in [1.165, 1.54) is 0 Å². The zero-order valence-electron chi connectivity index (χ0n) is 11.5. The number of furan rings is 1. The van der Waals surface area contributed by atoms with E-state index in [1.807, 2.05) is 55.5 Å². The van der Waals surface area contributed by atoms with Crippen molar-refractivity contribution in [2.24, 2.45) is 0 Å². The van der Waals surface area contributed by atoms with Crippen molar-refractivity contribution in [3.63, 3.8) is 0 Å². The largest absolute Gasteiger partial charge is 0.451 e. The number of fused-ring (bicyclic) bond motifs is 1. The Morgan fingerprint density at radius 1 is 1.14 bits per heavy atom. The molecule has 0 bridgehead atoms. The lowest BCUT2D eigenvalue weighted by molar-refractivity contribution is 0.0924. The average molecular weight is 344 g/mol. The predicted molar refractivity (Wildman–Crippen MR) is 86.3 cm³/mol. The molecule has 1 N–H and O–H groups in total. The fourth-order valence-corrected chi connectivity index (χ4v) is 2.71. The SMILES string of the molecule is Cc1c(C(=O)NCc2ccccc2Br)oc2ccccc12. The van der Waals surface area contributed by atoms with Gasteiger partial charge in [0.15, 0.2) is 5.76 Å². The molecule has 1 aromatic heterocycles. The highest BCUT2D eigenvalue weighted by Gasteiger charge is 2.17. The molecule has 0 aliphatic carbocycles. The van der Waals surface area contributed by atoms with Gasteiger partial charge in [-0.3, -0.25) is 4.79 Å². The van der Waals surface area contributed by atoms with Crippen molar-refractivity contribution in [2.75, 3.05) is 0 Å².